The fourth-order valence-corrected chi connectivity index (χ4v) is 1.07. The number of rotatable bonds is 4. The normalized spacial score (nSPS) is 10.1. The molecule has 2 rings (SSSR count). The van der Waals surface area contributed by atoms with Gasteiger partial charge in [-0.2, -0.15) is 4.98 Å². The molecule has 2 aromatic heterocycles. The van der Waals surface area contributed by atoms with E-state index in [2.05, 4.69) is 29.9 Å². The molecule has 0 fully saturated rings. The Morgan fingerprint density at radius 1 is 1.33 bits per heavy atom. The largest absolute Gasteiger partial charge is 0.384 e. The van der Waals surface area contributed by atoms with Crippen molar-refractivity contribution < 1.29 is 4.52 Å². The maximum absolute atomic E-state index is 5.49. The van der Waals surface area contributed by atoms with Crippen molar-refractivity contribution in [2.45, 2.75) is 6.42 Å². The molecule has 0 radical (unpaired) electrons. The molecule has 15 heavy (non-hydrogen) atoms. The lowest BCUT2D eigenvalue weighted by atomic mass is 10.4. The summed E-state index contributed by atoms with van der Waals surface area (Å²) < 4.78 is 4.60. The van der Waals surface area contributed by atoms with Crippen molar-refractivity contribution in [2.75, 3.05) is 17.6 Å². The van der Waals surface area contributed by atoms with E-state index >= 15 is 0 Å². The lowest BCUT2D eigenvalue weighted by Gasteiger charge is -2.02. The molecule has 0 aromatic carbocycles. The minimum Gasteiger partial charge on any atom is -0.384 e. The predicted octanol–water partition coefficient (Wildman–Crippen LogP) is 0.0964. The standard InChI is InChI=1S/C8H10N6O/c9-6-3-8(12-4-11-6)10-2-1-7-13-5-15-14-7/h3-5H,1-2H2,(H3,9,10,11,12). The number of aromatic nitrogens is 4. The van der Waals surface area contributed by atoms with Crippen molar-refractivity contribution in [3.8, 4) is 0 Å². The first-order chi connectivity index (χ1) is 7.34. The molecule has 0 aliphatic heterocycles. The third-order valence-electron chi connectivity index (χ3n) is 1.75. The van der Waals surface area contributed by atoms with Crippen LogP contribution in [0.5, 0.6) is 0 Å². The summed E-state index contributed by atoms with van der Waals surface area (Å²) in [5, 5.41) is 6.75. The molecular formula is C8H10N6O. The third-order valence-corrected chi connectivity index (χ3v) is 1.75. The van der Waals surface area contributed by atoms with E-state index in [-0.39, 0.29) is 0 Å². The molecule has 0 spiro atoms. The Balaban J connectivity index is 1.83. The van der Waals surface area contributed by atoms with E-state index < -0.39 is 0 Å². The van der Waals surface area contributed by atoms with Crippen molar-refractivity contribution in [3.05, 3.63) is 24.6 Å². The maximum Gasteiger partial charge on any atom is 0.213 e. The molecular weight excluding hydrogens is 196 g/mol. The third kappa shape index (κ3) is 2.63. The highest BCUT2D eigenvalue weighted by atomic mass is 16.5. The van der Waals surface area contributed by atoms with E-state index in [1.165, 1.54) is 12.7 Å². The Morgan fingerprint density at radius 3 is 3.00 bits per heavy atom. The van der Waals surface area contributed by atoms with E-state index in [1.54, 1.807) is 6.07 Å². The van der Waals surface area contributed by atoms with Gasteiger partial charge in [0.05, 0.1) is 0 Å². The van der Waals surface area contributed by atoms with Gasteiger partial charge in [-0.15, -0.1) is 0 Å². The quantitative estimate of drug-likeness (QED) is 0.730. The lowest BCUT2D eigenvalue weighted by molar-refractivity contribution is 0.410. The molecule has 2 heterocycles. The Labute approximate surface area is 85.7 Å². The summed E-state index contributed by atoms with van der Waals surface area (Å²) in [5.41, 5.74) is 5.49. The number of nitrogens with zero attached hydrogens (tertiary/aromatic N) is 4. The van der Waals surface area contributed by atoms with E-state index in [1.807, 2.05) is 0 Å². The minimum atomic E-state index is 0.437. The average Bonchev–Trinajstić information content (AvgIpc) is 2.71. The molecule has 2 aromatic rings. The molecule has 0 bridgehead atoms. The van der Waals surface area contributed by atoms with Gasteiger partial charge in [0, 0.05) is 19.0 Å². The molecule has 7 heteroatoms. The van der Waals surface area contributed by atoms with Gasteiger partial charge in [-0.1, -0.05) is 5.16 Å². The van der Waals surface area contributed by atoms with E-state index in [4.69, 9.17) is 5.73 Å². The molecule has 0 saturated carbocycles. The molecule has 0 atom stereocenters. The second-order valence-electron chi connectivity index (χ2n) is 2.85. The fourth-order valence-electron chi connectivity index (χ4n) is 1.07. The highest BCUT2D eigenvalue weighted by Gasteiger charge is 1.99. The summed E-state index contributed by atoms with van der Waals surface area (Å²) in [7, 11) is 0. The van der Waals surface area contributed by atoms with Gasteiger partial charge in [-0.3, -0.25) is 0 Å². The second-order valence-corrected chi connectivity index (χ2v) is 2.85. The number of nitrogens with one attached hydrogen (secondary N) is 1. The zero-order valence-corrected chi connectivity index (χ0v) is 7.92. The highest BCUT2D eigenvalue weighted by Crippen LogP contribution is 2.04. The molecule has 3 N–H and O–H groups in total. The number of nitrogen functional groups attached to an aromatic ring is 1. The summed E-state index contributed by atoms with van der Waals surface area (Å²) in [6, 6.07) is 1.66. The molecule has 0 amide bonds. The lowest BCUT2D eigenvalue weighted by Crippen LogP contribution is -2.07. The Morgan fingerprint density at radius 2 is 2.27 bits per heavy atom. The summed E-state index contributed by atoms with van der Waals surface area (Å²) in [6.07, 6.45) is 3.38. The van der Waals surface area contributed by atoms with Crippen molar-refractivity contribution in [1.29, 1.82) is 0 Å². The van der Waals surface area contributed by atoms with Gasteiger partial charge in [0.2, 0.25) is 6.39 Å². The van der Waals surface area contributed by atoms with Crippen LogP contribution in [0, 0.1) is 0 Å². The van der Waals surface area contributed by atoms with Gasteiger partial charge >= 0.3 is 0 Å². The first-order valence-electron chi connectivity index (χ1n) is 4.41. The van der Waals surface area contributed by atoms with Crippen molar-refractivity contribution in [1.82, 2.24) is 20.1 Å². The average molecular weight is 206 g/mol. The summed E-state index contributed by atoms with van der Waals surface area (Å²) in [5.74, 6) is 1.78. The van der Waals surface area contributed by atoms with Crippen LogP contribution < -0.4 is 11.1 Å². The zero-order valence-electron chi connectivity index (χ0n) is 7.92. The molecule has 0 saturated heterocycles. The summed E-state index contributed by atoms with van der Waals surface area (Å²) in [4.78, 5) is 11.7. The van der Waals surface area contributed by atoms with Crippen LogP contribution >= 0.6 is 0 Å². The van der Waals surface area contributed by atoms with Gasteiger partial charge in [0.25, 0.3) is 0 Å². The SMILES string of the molecule is Nc1cc(NCCc2ncon2)ncn1. The number of anilines is 2. The number of hydrogen-bond donors (Lipinski definition) is 2. The number of nitrogens with two attached hydrogens (primary N) is 1. The van der Waals surface area contributed by atoms with Crippen LogP contribution in [0.15, 0.2) is 23.3 Å². The van der Waals surface area contributed by atoms with Gasteiger partial charge in [0.1, 0.15) is 18.0 Å². The van der Waals surface area contributed by atoms with Gasteiger partial charge in [0.15, 0.2) is 5.82 Å². The van der Waals surface area contributed by atoms with E-state index in [9.17, 15) is 0 Å². The minimum absolute atomic E-state index is 0.437. The van der Waals surface area contributed by atoms with Crippen LogP contribution in [0.3, 0.4) is 0 Å². The van der Waals surface area contributed by atoms with Crippen LogP contribution in [-0.4, -0.2) is 26.7 Å². The van der Waals surface area contributed by atoms with Crippen LogP contribution in [0.2, 0.25) is 0 Å². The van der Waals surface area contributed by atoms with Crippen LogP contribution in [-0.2, 0) is 6.42 Å². The Bertz CT molecular complexity index is 415. The fraction of sp³-hybridized carbons (Fsp3) is 0.250. The molecule has 78 valence electrons. The predicted molar refractivity (Wildman–Crippen MR) is 52.9 cm³/mol. The van der Waals surface area contributed by atoms with Gasteiger partial charge in [-0.25, -0.2) is 9.97 Å². The van der Waals surface area contributed by atoms with Crippen LogP contribution in [0.25, 0.3) is 0 Å². The molecule has 0 aliphatic rings. The zero-order chi connectivity index (χ0) is 10.5. The summed E-state index contributed by atoms with van der Waals surface area (Å²) >= 11 is 0. The van der Waals surface area contributed by atoms with E-state index in [0.717, 1.165) is 0 Å². The monoisotopic (exact) mass is 206 g/mol. The Hall–Kier alpha value is -2.18. The number of hydrogen-bond acceptors (Lipinski definition) is 7. The Kier molecular flexibility index (Phi) is 2.72. The molecule has 0 aliphatic carbocycles. The van der Waals surface area contributed by atoms with Crippen LogP contribution in [0.4, 0.5) is 11.6 Å². The van der Waals surface area contributed by atoms with Crippen molar-refractivity contribution in [2.24, 2.45) is 0 Å². The summed E-state index contributed by atoms with van der Waals surface area (Å²) in [6.45, 7) is 0.663. The second kappa shape index (κ2) is 4.36. The molecule has 0 unspecified atom stereocenters. The highest BCUT2D eigenvalue weighted by molar-refractivity contribution is 5.43. The smallest absolute Gasteiger partial charge is 0.213 e. The first kappa shape index (κ1) is 9.38. The van der Waals surface area contributed by atoms with E-state index in [0.29, 0.717) is 30.4 Å². The van der Waals surface area contributed by atoms with Crippen molar-refractivity contribution >= 4 is 11.6 Å². The topological polar surface area (TPSA) is 103 Å². The van der Waals surface area contributed by atoms with Crippen molar-refractivity contribution in [3.63, 3.8) is 0 Å². The molecule has 7 nitrogen and oxygen atoms in total. The maximum atomic E-state index is 5.49. The van der Waals surface area contributed by atoms with Gasteiger partial charge < -0.3 is 15.6 Å². The van der Waals surface area contributed by atoms with Gasteiger partial charge in [-0.05, 0) is 0 Å². The van der Waals surface area contributed by atoms with Crippen LogP contribution in [0.1, 0.15) is 5.82 Å². The first-order valence-corrected chi connectivity index (χ1v) is 4.41.